The van der Waals surface area contributed by atoms with Crippen LogP contribution in [0.25, 0.3) is 0 Å². The molecule has 0 saturated carbocycles. The van der Waals surface area contributed by atoms with Gasteiger partial charge < -0.3 is 4.74 Å². The van der Waals surface area contributed by atoms with Gasteiger partial charge >= 0.3 is 5.97 Å². The molecule has 0 bridgehead atoms. The Morgan fingerprint density at radius 2 is 1.47 bits per heavy atom. The van der Waals surface area contributed by atoms with Crippen LogP contribution in [0, 0.1) is 0 Å². The van der Waals surface area contributed by atoms with Crippen molar-refractivity contribution < 1.29 is 9.53 Å². The van der Waals surface area contributed by atoms with E-state index in [1.54, 1.807) is 0 Å². The van der Waals surface area contributed by atoms with Crippen LogP contribution < -0.4 is 0 Å². The van der Waals surface area contributed by atoms with E-state index < -0.39 is 0 Å². The topological polar surface area (TPSA) is 26.3 Å². The largest absolute Gasteiger partial charge is 0.469 e. The van der Waals surface area contributed by atoms with Gasteiger partial charge in [0.05, 0.1) is 7.11 Å². The zero-order chi connectivity index (χ0) is 14.5. The van der Waals surface area contributed by atoms with Crippen molar-refractivity contribution in [2.75, 3.05) is 7.11 Å². The highest BCUT2D eigenvalue weighted by Gasteiger charge is 2.15. The lowest BCUT2D eigenvalue weighted by Gasteiger charge is -2.15. The molecule has 0 radical (unpaired) electrons. The fourth-order valence-corrected chi connectivity index (χ4v) is 2.56. The molecule has 2 nitrogen and oxygen atoms in total. The molecule has 0 aliphatic rings. The van der Waals surface area contributed by atoms with Gasteiger partial charge in [-0.05, 0) is 19.3 Å². The van der Waals surface area contributed by atoms with Crippen molar-refractivity contribution in [1.29, 1.82) is 0 Å². The first-order valence-electron chi connectivity index (χ1n) is 7.46. The number of rotatable bonds is 12. The number of methoxy groups -OCH3 is 1. The van der Waals surface area contributed by atoms with Crippen LogP contribution in [0.1, 0.15) is 71.1 Å². The molecule has 0 saturated heterocycles. The molecule has 0 aliphatic heterocycles. The predicted octanol–water partition coefficient (Wildman–Crippen LogP) is 5.30. The molecular weight excluding hydrogens is 283 g/mol. The van der Waals surface area contributed by atoms with Crippen LogP contribution in [-0.4, -0.2) is 23.8 Å². The van der Waals surface area contributed by atoms with E-state index in [1.165, 1.54) is 20.0 Å². The maximum Gasteiger partial charge on any atom is 0.305 e. The average molecular weight is 311 g/mol. The smallest absolute Gasteiger partial charge is 0.305 e. The Bertz CT molecular complexity index is 222. The maximum absolute atomic E-state index is 10.9. The summed E-state index contributed by atoms with van der Waals surface area (Å²) < 4.78 is 4.60. The van der Waals surface area contributed by atoms with Crippen LogP contribution in [0.3, 0.4) is 0 Å². The molecule has 0 heterocycles. The Labute approximate surface area is 128 Å². The lowest BCUT2D eigenvalue weighted by atomic mass is 10.0. The number of hydrogen-bond donors (Lipinski definition) is 0. The first kappa shape index (κ1) is 19.1. The third kappa shape index (κ3) is 11.6. The highest BCUT2D eigenvalue weighted by Crippen LogP contribution is 2.22. The van der Waals surface area contributed by atoms with Crippen molar-refractivity contribution in [1.82, 2.24) is 0 Å². The van der Waals surface area contributed by atoms with Crippen LogP contribution in [0.5, 0.6) is 0 Å². The fourth-order valence-electron chi connectivity index (χ4n) is 2.00. The number of ether oxygens (including phenoxy) is 1. The minimum absolute atomic E-state index is 0.100. The van der Waals surface area contributed by atoms with E-state index in [0.29, 0.717) is 6.42 Å². The van der Waals surface area contributed by atoms with Crippen LogP contribution in [-0.2, 0) is 9.53 Å². The van der Waals surface area contributed by atoms with Crippen molar-refractivity contribution in [3.05, 3.63) is 0 Å². The number of unbranched alkanes of at least 4 members (excludes halogenated alkanes) is 5. The molecule has 19 heavy (non-hydrogen) atoms. The van der Waals surface area contributed by atoms with Gasteiger partial charge in [-0.2, -0.15) is 0 Å². The zero-order valence-electron chi connectivity index (χ0n) is 12.3. The predicted molar refractivity (Wildman–Crippen MR) is 83.1 cm³/mol. The van der Waals surface area contributed by atoms with Crippen molar-refractivity contribution >= 4 is 29.2 Å². The summed E-state index contributed by atoms with van der Waals surface area (Å²) in [5.74, 6) is -0.110. The number of halogens is 2. The van der Waals surface area contributed by atoms with E-state index in [-0.39, 0.29) is 16.7 Å². The highest BCUT2D eigenvalue weighted by molar-refractivity contribution is 6.29. The first-order chi connectivity index (χ1) is 9.11. The van der Waals surface area contributed by atoms with Gasteiger partial charge in [-0.1, -0.05) is 45.4 Å². The summed E-state index contributed by atoms with van der Waals surface area (Å²) in [4.78, 5) is 10.9. The van der Waals surface area contributed by atoms with E-state index in [9.17, 15) is 4.79 Å². The molecule has 114 valence electrons. The number of alkyl halides is 2. The van der Waals surface area contributed by atoms with Crippen LogP contribution in [0.15, 0.2) is 0 Å². The van der Waals surface area contributed by atoms with Gasteiger partial charge in [0, 0.05) is 17.2 Å². The highest BCUT2D eigenvalue weighted by atomic mass is 35.5. The van der Waals surface area contributed by atoms with Gasteiger partial charge in [-0.15, -0.1) is 23.2 Å². The van der Waals surface area contributed by atoms with Crippen LogP contribution >= 0.6 is 23.2 Å². The number of carbonyl (C=O) groups is 1. The molecule has 0 aromatic carbocycles. The minimum atomic E-state index is -0.110. The number of esters is 1. The third-order valence-corrected chi connectivity index (χ3v) is 4.49. The van der Waals surface area contributed by atoms with Crippen LogP contribution in [0.2, 0.25) is 0 Å². The van der Waals surface area contributed by atoms with E-state index in [4.69, 9.17) is 23.2 Å². The third-order valence-electron chi connectivity index (χ3n) is 3.31. The summed E-state index contributed by atoms with van der Waals surface area (Å²) >= 11 is 12.5. The second-order valence-corrected chi connectivity index (χ2v) is 6.18. The molecule has 0 aromatic rings. The molecule has 0 spiro atoms. The Morgan fingerprint density at radius 1 is 0.947 bits per heavy atom. The normalized spacial score (nSPS) is 14.1. The number of hydrogen-bond acceptors (Lipinski definition) is 2. The summed E-state index contributed by atoms with van der Waals surface area (Å²) in [5.41, 5.74) is 0. The standard InChI is InChI=1S/C15H28Cl2O2/c1-3-4-10-13(16)14(17)11-8-6-5-7-9-12-15(18)19-2/h13-14H,3-12H2,1-2H3/t13-,14-/m0/s1. The van der Waals surface area contributed by atoms with Gasteiger partial charge in [0.25, 0.3) is 0 Å². The number of carbonyl (C=O) groups excluding carboxylic acids is 1. The average Bonchev–Trinajstić information content (AvgIpc) is 2.42. The summed E-state index contributed by atoms with van der Waals surface area (Å²) in [6.07, 6.45) is 10.3. The molecule has 0 fully saturated rings. The maximum atomic E-state index is 10.9. The van der Waals surface area contributed by atoms with Gasteiger partial charge in [0.2, 0.25) is 0 Å². The summed E-state index contributed by atoms with van der Waals surface area (Å²) in [5, 5.41) is 0.212. The Balaban J connectivity index is 3.35. The fraction of sp³-hybridized carbons (Fsp3) is 0.933. The zero-order valence-corrected chi connectivity index (χ0v) is 13.8. The second-order valence-electron chi connectivity index (χ2n) is 5.06. The Hall–Kier alpha value is 0.0500. The monoisotopic (exact) mass is 310 g/mol. The van der Waals surface area contributed by atoms with E-state index in [1.807, 2.05) is 0 Å². The minimum Gasteiger partial charge on any atom is -0.469 e. The van der Waals surface area contributed by atoms with Crippen molar-refractivity contribution in [2.45, 2.75) is 81.9 Å². The quantitative estimate of drug-likeness (QED) is 0.278. The van der Waals surface area contributed by atoms with Crippen molar-refractivity contribution in [3.63, 3.8) is 0 Å². The summed E-state index contributed by atoms with van der Waals surface area (Å²) in [6.45, 7) is 2.17. The van der Waals surface area contributed by atoms with E-state index >= 15 is 0 Å². The molecule has 0 aromatic heterocycles. The van der Waals surface area contributed by atoms with Gasteiger partial charge in [0.1, 0.15) is 0 Å². The van der Waals surface area contributed by atoms with Crippen molar-refractivity contribution in [3.8, 4) is 0 Å². The second kappa shape index (κ2) is 13.1. The van der Waals surface area contributed by atoms with E-state index in [0.717, 1.165) is 44.9 Å². The Morgan fingerprint density at radius 3 is 2.05 bits per heavy atom. The lowest BCUT2D eigenvalue weighted by Crippen LogP contribution is -2.14. The lowest BCUT2D eigenvalue weighted by molar-refractivity contribution is -0.140. The molecule has 0 amide bonds. The molecule has 0 rings (SSSR count). The van der Waals surface area contributed by atoms with Gasteiger partial charge in [0.15, 0.2) is 0 Å². The van der Waals surface area contributed by atoms with E-state index in [2.05, 4.69) is 11.7 Å². The SMILES string of the molecule is CCCC[C@H](Cl)[C@@H](Cl)CCCCCCCC(=O)OC. The summed E-state index contributed by atoms with van der Waals surface area (Å²) in [6, 6.07) is 0. The Kier molecular flexibility index (Phi) is 13.1. The molecule has 0 N–H and O–H groups in total. The van der Waals surface area contributed by atoms with Crippen LogP contribution in [0.4, 0.5) is 0 Å². The molecule has 2 atom stereocenters. The molecule has 4 heteroatoms. The molecule has 0 aliphatic carbocycles. The molecular formula is C15H28Cl2O2. The van der Waals surface area contributed by atoms with Gasteiger partial charge in [-0.3, -0.25) is 4.79 Å². The first-order valence-corrected chi connectivity index (χ1v) is 8.34. The molecule has 0 unspecified atom stereocenters. The van der Waals surface area contributed by atoms with Crippen molar-refractivity contribution in [2.24, 2.45) is 0 Å². The van der Waals surface area contributed by atoms with Gasteiger partial charge in [-0.25, -0.2) is 0 Å². The summed E-state index contributed by atoms with van der Waals surface area (Å²) in [7, 11) is 1.43.